The Bertz CT molecular complexity index is 1010. The summed E-state index contributed by atoms with van der Waals surface area (Å²) in [4.78, 5) is 36.7. The molecule has 2 aromatic rings. The van der Waals surface area contributed by atoms with Crippen molar-refractivity contribution in [1.29, 1.82) is 0 Å². The molecular weight excluding hydrogens is 422 g/mol. The minimum atomic E-state index is -3.84. The number of piperazine rings is 1. The number of carbonyl (C=O) groups is 2. The molecule has 0 aliphatic carbocycles. The maximum Gasteiger partial charge on any atom is 0.321 e. The van der Waals surface area contributed by atoms with E-state index in [1.54, 1.807) is 35.5 Å². The molecule has 1 atom stereocenters. The van der Waals surface area contributed by atoms with E-state index in [9.17, 15) is 18.0 Å². The molecule has 11 heteroatoms. The van der Waals surface area contributed by atoms with Crippen LogP contribution < -0.4 is 9.62 Å². The predicted octanol–water partition coefficient (Wildman–Crippen LogP) is 0.344. The number of nitrogens with one attached hydrogen (secondary N) is 1. The molecule has 0 saturated carbocycles. The number of hydrogen-bond acceptors (Lipinski definition) is 8. The number of esters is 1. The molecule has 2 heterocycles. The fourth-order valence-corrected chi connectivity index (χ4v) is 4.05. The summed E-state index contributed by atoms with van der Waals surface area (Å²) in [6.45, 7) is 4.76. The number of aryl methyl sites for hydroxylation is 1. The number of benzene rings is 1. The van der Waals surface area contributed by atoms with Gasteiger partial charge in [-0.05, 0) is 32.0 Å². The van der Waals surface area contributed by atoms with Crippen LogP contribution in [-0.4, -0.2) is 74.0 Å². The van der Waals surface area contributed by atoms with Gasteiger partial charge in [0.25, 0.3) is 5.91 Å². The highest BCUT2D eigenvalue weighted by molar-refractivity contribution is 7.89. The second-order valence-corrected chi connectivity index (χ2v) is 8.90. The van der Waals surface area contributed by atoms with Crippen molar-refractivity contribution in [3.8, 4) is 0 Å². The van der Waals surface area contributed by atoms with Crippen LogP contribution in [-0.2, 0) is 24.3 Å². The van der Waals surface area contributed by atoms with Crippen LogP contribution in [0.4, 0.5) is 5.95 Å². The van der Waals surface area contributed by atoms with Crippen LogP contribution in [0.25, 0.3) is 0 Å². The van der Waals surface area contributed by atoms with Crippen molar-refractivity contribution in [3.63, 3.8) is 0 Å². The molecule has 1 aliphatic heterocycles. The van der Waals surface area contributed by atoms with Crippen LogP contribution >= 0.6 is 0 Å². The van der Waals surface area contributed by atoms with Crippen LogP contribution in [0, 0.1) is 6.92 Å². The average molecular weight is 448 g/mol. The Hall–Kier alpha value is -3.05. The Morgan fingerprint density at radius 2 is 1.71 bits per heavy atom. The first-order valence-corrected chi connectivity index (χ1v) is 11.3. The van der Waals surface area contributed by atoms with Gasteiger partial charge in [-0.1, -0.05) is 17.7 Å². The summed E-state index contributed by atoms with van der Waals surface area (Å²) in [5.74, 6) is -0.550. The van der Waals surface area contributed by atoms with Crippen molar-refractivity contribution >= 4 is 27.8 Å². The van der Waals surface area contributed by atoms with Gasteiger partial charge in [-0.15, -0.1) is 0 Å². The first-order valence-electron chi connectivity index (χ1n) is 9.83. The molecule has 0 bridgehead atoms. The van der Waals surface area contributed by atoms with Gasteiger partial charge >= 0.3 is 5.97 Å². The van der Waals surface area contributed by atoms with Gasteiger partial charge in [-0.25, -0.2) is 18.4 Å². The van der Waals surface area contributed by atoms with E-state index in [1.165, 1.54) is 19.1 Å². The van der Waals surface area contributed by atoms with Gasteiger partial charge in [-0.2, -0.15) is 4.72 Å². The Balaban J connectivity index is 1.46. The molecule has 1 aromatic carbocycles. The number of carbonyl (C=O) groups excluding carboxylic acids is 2. The Morgan fingerprint density at radius 1 is 1.10 bits per heavy atom. The highest BCUT2D eigenvalue weighted by Gasteiger charge is 2.28. The number of hydrogen-bond donors (Lipinski definition) is 1. The molecule has 166 valence electrons. The summed E-state index contributed by atoms with van der Waals surface area (Å²) in [6.07, 6.45) is 2.30. The van der Waals surface area contributed by atoms with E-state index in [0.717, 1.165) is 5.56 Å². The van der Waals surface area contributed by atoms with E-state index >= 15 is 0 Å². The molecule has 1 fully saturated rings. The number of ether oxygens (including phenoxy) is 1. The van der Waals surface area contributed by atoms with Crippen molar-refractivity contribution in [1.82, 2.24) is 19.6 Å². The van der Waals surface area contributed by atoms with Crippen molar-refractivity contribution in [2.45, 2.75) is 24.8 Å². The second kappa shape index (κ2) is 9.84. The molecule has 0 spiro atoms. The fourth-order valence-electron chi connectivity index (χ4n) is 3.08. The molecule has 0 radical (unpaired) electrons. The second-order valence-electron chi connectivity index (χ2n) is 7.13. The highest BCUT2D eigenvalue weighted by Crippen LogP contribution is 2.12. The zero-order chi connectivity index (χ0) is 22.4. The summed E-state index contributed by atoms with van der Waals surface area (Å²) in [6, 6.07) is 7.97. The van der Waals surface area contributed by atoms with Crippen molar-refractivity contribution < 1.29 is 22.7 Å². The summed E-state index contributed by atoms with van der Waals surface area (Å²) in [7, 11) is -3.84. The molecular formula is C20H25N5O5S. The largest absolute Gasteiger partial charge is 0.452 e. The predicted molar refractivity (Wildman–Crippen MR) is 113 cm³/mol. The summed E-state index contributed by atoms with van der Waals surface area (Å²) >= 11 is 0. The van der Waals surface area contributed by atoms with Gasteiger partial charge in [0.1, 0.15) is 6.54 Å². The maximum atomic E-state index is 12.6. The lowest BCUT2D eigenvalue weighted by Gasteiger charge is -2.35. The van der Waals surface area contributed by atoms with E-state index in [4.69, 9.17) is 4.74 Å². The molecule has 1 amide bonds. The Morgan fingerprint density at radius 3 is 2.32 bits per heavy atom. The Kier molecular flexibility index (Phi) is 7.18. The number of anilines is 1. The van der Waals surface area contributed by atoms with E-state index in [2.05, 4.69) is 14.7 Å². The number of sulfonamides is 1. The smallest absolute Gasteiger partial charge is 0.321 e. The number of aromatic nitrogens is 2. The summed E-state index contributed by atoms with van der Waals surface area (Å²) < 4.78 is 31.8. The van der Waals surface area contributed by atoms with Gasteiger partial charge < -0.3 is 14.5 Å². The fraction of sp³-hybridized carbons (Fsp3) is 0.400. The molecule has 1 N–H and O–H groups in total. The molecule has 1 aliphatic rings. The summed E-state index contributed by atoms with van der Waals surface area (Å²) in [5, 5.41) is 0. The monoisotopic (exact) mass is 447 g/mol. The van der Waals surface area contributed by atoms with Crippen LogP contribution in [0.2, 0.25) is 0 Å². The lowest BCUT2D eigenvalue weighted by molar-refractivity contribution is -0.158. The van der Waals surface area contributed by atoms with Gasteiger partial charge in [0.2, 0.25) is 16.0 Å². The topological polar surface area (TPSA) is 122 Å². The van der Waals surface area contributed by atoms with Crippen LogP contribution in [0.3, 0.4) is 0 Å². The molecule has 10 nitrogen and oxygen atoms in total. The third kappa shape index (κ3) is 5.98. The third-order valence-corrected chi connectivity index (χ3v) is 6.24. The van der Waals surface area contributed by atoms with Gasteiger partial charge in [0.05, 0.1) is 4.90 Å². The zero-order valence-corrected chi connectivity index (χ0v) is 18.2. The zero-order valence-electron chi connectivity index (χ0n) is 17.4. The molecule has 3 rings (SSSR count). The molecule has 1 saturated heterocycles. The molecule has 31 heavy (non-hydrogen) atoms. The SMILES string of the molecule is Cc1ccc(S(=O)(=O)NCC(=O)OC(C)C(=O)N2CCN(c3ncccn3)CC2)cc1. The quantitative estimate of drug-likeness (QED) is 0.603. The van der Waals surface area contributed by atoms with E-state index in [0.29, 0.717) is 32.1 Å². The summed E-state index contributed by atoms with van der Waals surface area (Å²) in [5.41, 5.74) is 0.919. The lowest BCUT2D eigenvalue weighted by atomic mass is 10.2. The van der Waals surface area contributed by atoms with Crippen LogP contribution in [0.5, 0.6) is 0 Å². The van der Waals surface area contributed by atoms with Gasteiger partial charge in [0, 0.05) is 38.6 Å². The van der Waals surface area contributed by atoms with Crippen LogP contribution in [0.1, 0.15) is 12.5 Å². The first-order chi connectivity index (χ1) is 14.8. The normalized spacial score (nSPS) is 15.4. The van der Waals surface area contributed by atoms with E-state index in [1.807, 2.05) is 11.8 Å². The highest BCUT2D eigenvalue weighted by atomic mass is 32.2. The minimum Gasteiger partial charge on any atom is -0.452 e. The number of rotatable bonds is 7. The van der Waals surface area contributed by atoms with Crippen molar-refractivity contribution in [3.05, 3.63) is 48.3 Å². The van der Waals surface area contributed by atoms with E-state index < -0.39 is 28.6 Å². The van der Waals surface area contributed by atoms with Crippen molar-refractivity contribution in [2.75, 3.05) is 37.6 Å². The Labute approximate surface area is 181 Å². The van der Waals surface area contributed by atoms with Gasteiger partial charge in [0.15, 0.2) is 6.10 Å². The lowest BCUT2D eigenvalue weighted by Crippen LogP contribution is -2.52. The van der Waals surface area contributed by atoms with Crippen LogP contribution in [0.15, 0.2) is 47.6 Å². The van der Waals surface area contributed by atoms with Crippen molar-refractivity contribution in [2.24, 2.45) is 0 Å². The standard InChI is InChI=1S/C20H25N5O5S/c1-15-4-6-17(7-5-15)31(28,29)23-14-18(26)30-16(2)19(27)24-10-12-25(13-11-24)20-21-8-3-9-22-20/h3-9,16,23H,10-14H2,1-2H3. The number of nitrogens with zero attached hydrogens (tertiary/aromatic N) is 4. The minimum absolute atomic E-state index is 0.0512. The van der Waals surface area contributed by atoms with E-state index in [-0.39, 0.29) is 10.8 Å². The number of amides is 1. The molecule has 1 unspecified atom stereocenters. The first kappa shape index (κ1) is 22.6. The maximum absolute atomic E-state index is 12.6. The average Bonchev–Trinajstić information content (AvgIpc) is 2.78. The third-order valence-electron chi connectivity index (χ3n) is 4.82. The molecule has 1 aromatic heterocycles. The van der Waals surface area contributed by atoms with Gasteiger partial charge in [-0.3, -0.25) is 9.59 Å².